The fourth-order valence-electron chi connectivity index (χ4n) is 2.75. The highest BCUT2D eigenvalue weighted by atomic mass is 19.1. The minimum Gasteiger partial charge on any atom is -0.481 e. The first kappa shape index (κ1) is 20.1. The number of halogens is 1. The topological polar surface area (TPSA) is 72.4 Å². The van der Waals surface area contributed by atoms with Gasteiger partial charge in [-0.3, -0.25) is 19.7 Å². The van der Waals surface area contributed by atoms with Gasteiger partial charge in [-0.2, -0.15) is 0 Å². The van der Waals surface area contributed by atoms with E-state index in [4.69, 9.17) is 4.74 Å². The average Bonchev–Trinajstić information content (AvgIpc) is 3.02. The third-order valence-corrected chi connectivity index (χ3v) is 4.41. The lowest BCUT2D eigenvalue weighted by Crippen LogP contribution is -2.30. The van der Waals surface area contributed by atoms with Gasteiger partial charge in [-0.05, 0) is 69.3 Å². The number of carbonyl (C=O) groups excluding carboxylic acids is 2. The van der Waals surface area contributed by atoms with E-state index in [0.29, 0.717) is 11.3 Å². The lowest BCUT2D eigenvalue weighted by Gasteiger charge is -2.15. The van der Waals surface area contributed by atoms with E-state index in [1.807, 2.05) is 26.0 Å². The third-order valence-electron chi connectivity index (χ3n) is 4.41. The Hall–Kier alpha value is -3.61. The van der Waals surface area contributed by atoms with Crippen LogP contribution in [0.3, 0.4) is 0 Å². The minimum atomic E-state index is -0.848. The van der Waals surface area contributed by atoms with Crippen molar-refractivity contribution in [2.45, 2.75) is 26.9 Å². The molecule has 0 spiro atoms. The van der Waals surface area contributed by atoms with Gasteiger partial charge in [0, 0.05) is 17.0 Å². The largest absolute Gasteiger partial charge is 0.481 e. The molecule has 1 atom stereocenters. The predicted octanol–water partition coefficient (Wildman–Crippen LogP) is 4.03. The molecular formula is C22H22FN3O3. The molecule has 29 heavy (non-hydrogen) atoms. The fourth-order valence-corrected chi connectivity index (χ4v) is 2.75. The van der Waals surface area contributed by atoms with Gasteiger partial charge in [0.2, 0.25) is 0 Å². The summed E-state index contributed by atoms with van der Waals surface area (Å²) in [6.45, 7) is 5.37. The molecule has 2 amide bonds. The lowest BCUT2D eigenvalue weighted by molar-refractivity contribution is -0.122. The van der Waals surface area contributed by atoms with Crippen LogP contribution in [0.2, 0.25) is 0 Å². The van der Waals surface area contributed by atoms with Crippen LogP contribution >= 0.6 is 0 Å². The van der Waals surface area contributed by atoms with Crippen LogP contribution in [0.1, 0.15) is 28.7 Å². The van der Waals surface area contributed by atoms with Crippen molar-refractivity contribution in [3.8, 4) is 5.75 Å². The second-order valence-electron chi connectivity index (χ2n) is 6.65. The number of nitrogens with zero attached hydrogens (tertiary/aromatic N) is 1. The van der Waals surface area contributed by atoms with E-state index < -0.39 is 17.8 Å². The summed E-state index contributed by atoms with van der Waals surface area (Å²) in [6.07, 6.45) is -0.848. The molecule has 0 bridgehead atoms. The van der Waals surface area contributed by atoms with Gasteiger partial charge < -0.3 is 10.1 Å². The number of aromatic nitrogens is 1. The molecule has 7 heteroatoms. The molecule has 2 N–H and O–H groups in total. The second kappa shape index (κ2) is 8.60. The molecule has 1 aromatic heterocycles. The van der Waals surface area contributed by atoms with Crippen molar-refractivity contribution in [2.24, 2.45) is 0 Å². The maximum atomic E-state index is 13.7. The Morgan fingerprint density at radius 3 is 2.21 bits per heavy atom. The van der Waals surface area contributed by atoms with Crippen molar-refractivity contribution in [2.75, 3.05) is 10.7 Å². The smallest absolute Gasteiger partial charge is 0.270 e. The highest BCUT2D eigenvalue weighted by Gasteiger charge is 2.17. The highest BCUT2D eigenvalue weighted by Crippen LogP contribution is 2.17. The van der Waals surface area contributed by atoms with E-state index in [9.17, 15) is 14.0 Å². The van der Waals surface area contributed by atoms with Crippen molar-refractivity contribution >= 4 is 17.5 Å². The summed E-state index contributed by atoms with van der Waals surface area (Å²) in [7, 11) is 0. The number of anilines is 1. The van der Waals surface area contributed by atoms with E-state index >= 15 is 0 Å². The second-order valence-corrected chi connectivity index (χ2v) is 6.65. The molecule has 150 valence electrons. The molecule has 0 aliphatic rings. The first-order valence-corrected chi connectivity index (χ1v) is 9.13. The van der Waals surface area contributed by atoms with E-state index in [2.05, 4.69) is 10.7 Å². The van der Waals surface area contributed by atoms with Crippen LogP contribution < -0.4 is 15.5 Å². The van der Waals surface area contributed by atoms with Crippen LogP contribution in [0.5, 0.6) is 5.75 Å². The molecular weight excluding hydrogens is 373 g/mol. The predicted molar refractivity (Wildman–Crippen MR) is 109 cm³/mol. The normalized spacial score (nSPS) is 11.6. The molecule has 0 aliphatic heterocycles. The summed E-state index contributed by atoms with van der Waals surface area (Å²) in [6, 6.07) is 16.2. The van der Waals surface area contributed by atoms with Crippen LogP contribution in [0.15, 0.2) is 60.7 Å². The van der Waals surface area contributed by atoms with Crippen LogP contribution in [0.25, 0.3) is 0 Å². The number of rotatable bonds is 6. The maximum Gasteiger partial charge on any atom is 0.270 e. The summed E-state index contributed by atoms with van der Waals surface area (Å²) < 4.78 is 21.0. The Kier molecular flexibility index (Phi) is 5.97. The number of carbonyl (C=O) groups is 2. The molecule has 3 rings (SSSR count). The first-order chi connectivity index (χ1) is 13.8. The minimum absolute atomic E-state index is 0.0931. The maximum absolute atomic E-state index is 13.7. The van der Waals surface area contributed by atoms with Crippen molar-refractivity contribution in [1.29, 1.82) is 0 Å². The fraction of sp³-hybridized carbons (Fsp3) is 0.182. The van der Waals surface area contributed by atoms with Gasteiger partial charge in [-0.15, -0.1) is 0 Å². The van der Waals surface area contributed by atoms with Crippen LogP contribution in [0, 0.1) is 19.7 Å². The molecule has 2 aromatic carbocycles. The summed E-state index contributed by atoms with van der Waals surface area (Å²) in [5.41, 5.74) is 5.21. The standard InChI is InChI=1S/C22H22FN3O3/c1-14-8-9-15(2)26(14)25-22(28)17-10-12-18(13-11-17)29-16(3)21(27)24-20-7-5-4-6-19(20)23/h4-13,16H,1-3H3,(H,24,27)(H,25,28). The molecule has 0 saturated carbocycles. The van der Waals surface area contributed by atoms with Crippen molar-refractivity contribution in [3.05, 3.63) is 83.4 Å². The van der Waals surface area contributed by atoms with Crippen LogP contribution in [-0.2, 0) is 4.79 Å². The SMILES string of the molecule is Cc1ccc(C)n1NC(=O)c1ccc(OC(C)C(=O)Nc2ccccc2F)cc1. The van der Waals surface area contributed by atoms with Gasteiger partial charge in [-0.1, -0.05) is 12.1 Å². The molecule has 6 nitrogen and oxygen atoms in total. The van der Waals surface area contributed by atoms with Gasteiger partial charge in [0.15, 0.2) is 6.10 Å². The van der Waals surface area contributed by atoms with Crippen LogP contribution in [0.4, 0.5) is 10.1 Å². The number of ether oxygens (including phenoxy) is 1. The zero-order valence-electron chi connectivity index (χ0n) is 16.4. The number of hydrogen-bond acceptors (Lipinski definition) is 3. The summed E-state index contributed by atoms with van der Waals surface area (Å²) in [5.74, 6) is -0.831. The Labute approximate surface area is 168 Å². The third kappa shape index (κ3) is 4.82. The number of benzene rings is 2. The Balaban J connectivity index is 1.60. The van der Waals surface area contributed by atoms with Gasteiger partial charge in [0.1, 0.15) is 11.6 Å². The van der Waals surface area contributed by atoms with E-state index in [-0.39, 0.29) is 11.6 Å². The van der Waals surface area contributed by atoms with Gasteiger partial charge in [-0.25, -0.2) is 4.39 Å². The van der Waals surface area contributed by atoms with E-state index in [1.54, 1.807) is 48.0 Å². The van der Waals surface area contributed by atoms with Gasteiger partial charge >= 0.3 is 0 Å². The van der Waals surface area contributed by atoms with Gasteiger partial charge in [0.05, 0.1) is 5.69 Å². The van der Waals surface area contributed by atoms with Crippen molar-refractivity contribution in [1.82, 2.24) is 4.68 Å². The molecule has 1 heterocycles. The Morgan fingerprint density at radius 2 is 1.59 bits per heavy atom. The van der Waals surface area contributed by atoms with E-state index in [0.717, 1.165) is 11.4 Å². The monoisotopic (exact) mass is 395 g/mol. The summed E-state index contributed by atoms with van der Waals surface area (Å²) in [5, 5.41) is 2.49. The summed E-state index contributed by atoms with van der Waals surface area (Å²) in [4.78, 5) is 24.6. The molecule has 3 aromatic rings. The highest BCUT2D eigenvalue weighted by molar-refractivity contribution is 6.00. The molecule has 0 fully saturated rings. The zero-order valence-corrected chi connectivity index (χ0v) is 16.4. The van der Waals surface area contributed by atoms with Crippen LogP contribution in [-0.4, -0.2) is 22.6 Å². The van der Waals surface area contributed by atoms with Gasteiger partial charge in [0.25, 0.3) is 11.8 Å². The zero-order chi connectivity index (χ0) is 21.0. The molecule has 1 unspecified atom stereocenters. The first-order valence-electron chi connectivity index (χ1n) is 9.13. The molecule has 0 saturated heterocycles. The number of para-hydroxylation sites is 1. The molecule has 0 radical (unpaired) electrons. The summed E-state index contributed by atoms with van der Waals surface area (Å²) >= 11 is 0. The average molecular weight is 395 g/mol. The Morgan fingerprint density at radius 1 is 0.966 bits per heavy atom. The van der Waals surface area contributed by atoms with Crippen molar-refractivity contribution < 1.29 is 18.7 Å². The number of amides is 2. The Bertz CT molecular complexity index is 1010. The quantitative estimate of drug-likeness (QED) is 0.662. The van der Waals surface area contributed by atoms with E-state index in [1.165, 1.54) is 12.1 Å². The lowest BCUT2D eigenvalue weighted by atomic mass is 10.2. The van der Waals surface area contributed by atoms with Crippen molar-refractivity contribution in [3.63, 3.8) is 0 Å². The number of nitrogens with one attached hydrogen (secondary N) is 2. The molecule has 0 aliphatic carbocycles. The number of aryl methyl sites for hydroxylation is 2. The number of hydrogen-bond donors (Lipinski definition) is 2.